The second kappa shape index (κ2) is 4.33. The third kappa shape index (κ3) is 3.11. The van der Waals surface area contributed by atoms with Crippen molar-refractivity contribution in [3.63, 3.8) is 0 Å². The predicted octanol–water partition coefficient (Wildman–Crippen LogP) is 1.87. The van der Waals surface area contributed by atoms with Gasteiger partial charge < -0.3 is 9.64 Å². The molecule has 0 N–H and O–H groups in total. The first-order chi connectivity index (χ1) is 5.74. The molecule has 0 heterocycles. The van der Waals surface area contributed by atoms with E-state index in [1.165, 1.54) is 12.8 Å². The van der Waals surface area contributed by atoms with Gasteiger partial charge in [0.25, 0.3) is 0 Å². The molecule has 1 rings (SSSR count). The average molecular weight is 171 g/mol. The lowest BCUT2D eigenvalue weighted by atomic mass is 10.4. The van der Waals surface area contributed by atoms with Crippen molar-refractivity contribution in [1.82, 2.24) is 4.90 Å². The molecule has 0 aromatic heterocycles. The summed E-state index contributed by atoms with van der Waals surface area (Å²) in [5, 5.41) is 0. The van der Waals surface area contributed by atoms with Gasteiger partial charge in [0, 0.05) is 13.6 Å². The molecular formula is C9H17NO2. The fourth-order valence-electron chi connectivity index (χ4n) is 1.06. The first kappa shape index (κ1) is 9.36. The highest BCUT2D eigenvalue weighted by atomic mass is 16.6. The summed E-state index contributed by atoms with van der Waals surface area (Å²) < 4.78 is 4.97. The number of rotatable bonds is 4. The van der Waals surface area contributed by atoms with Crippen molar-refractivity contribution in [3.8, 4) is 0 Å². The summed E-state index contributed by atoms with van der Waals surface area (Å²) in [4.78, 5) is 12.8. The summed E-state index contributed by atoms with van der Waals surface area (Å²) in [5.41, 5.74) is 0. The molecule has 0 bridgehead atoms. The van der Waals surface area contributed by atoms with Crippen LogP contribution >= 0.6 is 0 Å². The highest BCUT2D eigenvalue weighted by Crippen LogP contribution is 2.29. The average Bonchev–Trinajstić information content (AvgIpc) is 2.83. The Labute approximate surface area is 73.7 Å². The van der Waals surface area contributed by atoms with Crippen LogP contribution in [0.5, 0.6) is 0 Å². The normalized spacial score (nSPS) is 15.8. The fourth-order valence-corrected chi connectivity index (χ4v) is 1.06. The van der Waals surface area contributed by atoms with Gasteiger partial charge in [0.05, 0.1) is 6.61 Å². The minimum atomic E-state index is -0.177. The SMILES string of the molecule is CCCOC(=O)N(C)CC1CC1. The largest absolute Gasteiger partial charge is 0.449 e. The molecule has 1 amide bonds. The Morgan fingerprint density at radius 3 is 2.75 bits per heavy atom. The number of hydrogen-bond acceptors (Lipinski definition) is 2. The Hall–Kier alpha value is -0.730. The fraction of sp³-hybridized carbons (Fsp3) is 0.889. The lowest BCUT2D eigenvalue weighted by Gasteiger charge is -2.15. The molecule has 1 aliphatic rings. The van der Waals surface area contributed by atoms with Gasteiger partial charge >= 0.3 is 6.09 Å². The highest BCUT2D eigenvalue weighted by Gasteiger charge is 2.25. The van der Waals surface area contributed by atoms with E-state index in [1.54, 1.807) is 11.9 Å². The van der Waals surface area contributed by atoms with Crippen molar-refractivity contribution >= 4 is 6.09 Å². The van der Waals surface area contributed by atoms with Crippen LogP contribution in [0.15, 0.2) is 0 Å². The van der Waals surface area contributed by atoms with E-state index >= 15 is 0 Å². The summed E-state index contributed by atoms with van der Waals surface area (Å²) in [6, 6.07) is 0. The molecule has 0 spiro atoms. The standard InChI is InChI=1S/C9H17NO2/c1-3-6-12-9(11)10(2)7-8-4-5-8/h8H,3-7H2,1-2H3. The van der Waals surface area contributed by atoms with Crippen LogP contribution in [0, 0.1) is 5.92 Å². The summed E-state index contributed by atoms with van der Waals surface area (Å²) in [6.45, 7) is 3.39. The Kier molecular flexibility index (Phi) is 3.38. The van der Waals surface area contributed by atoms with Crippen molar-refractivity contribution < 1.29 is 9.53 Å². The topological polar surface area (TPSA) is 29.5 Å². The van der Waals surface area contributed by atoms with Gasteiger partial charge in [-0.1, -0.05) is 6.92 Å². The molecule has 0 aromatic carbocycles. The van der Waals surface area contributed by atoms with E-state index < -0.39 is 0 Å². The zero-order valence-electron chi connectivity index (χ0n) is 7.88. The van der Waals surface area contributed by atoms with Crippen LogP contribution in [0.25, 0.3) is 0 Å². The number of hydrogen-bond donors (Lipinski definition) is 0. The molecule has 0 radical (unpaired) electrons. The summed E-state index contributed by atoms with van der Waals surface area (Å²) in [7, 11) is 1.80. The maximum Gasteiger partial charge on any atom is 0.409 e. The van der Waals surface area contributed by atoms with E-state index in [1.807, 2.05) is 6.92 Å². The second-order valence-corrected chi connectivity index (χ2v) is 3.44. The van der Waals surface area contributed by atoms with E-state index in [0.29, 0.717) is 6.61 Å². The van der Waals surface area contributed by atoms with Crippen molar-refractivity contribution in [2.45, 2.75) is 26.2 Å². The zero-order chi connectivity index (χ0) is 8.97. The Bertz CT molecular complexity index is 155. The second-order valence-electron chi connectivity index (χ2n) is 3.44. The third-order valence-electron chi connectivity index (χ3n) is 1.97. The first-order valence-corrected chi connectivity index (χ1v) is 4.62. The van der Waals surface area contributed by atoms with Crippen LogP contribution in [0.1, 0.15) is 26.2 Å². The van der Waals surface area contributed by atoms with E-state index in [9.17, 15) is 4.79 Å². The number of nitrogens with zero attached hydrogens (tertiary/aromatic N) is 1. The van der Waals surface area contributed by atoms with Crippen LogP contribution in [0.4, 0.5) is 4.79 Å². The van der Waals surface area contributed by atoms with Gasteiger partial charge in [-0.2, -0.15) is 0 Å². The van der Waals surface area contributed by atoms with Gasteiger partial charge in [-0.3, -0.25) is 0 Å². The van der Waals surface area contributed by atoms with E-state index in [0.717, 1.165) is 18.9 Å². The van der Waals surface area contributed by atoms with Crippen LogP contribution in [0.2, 0.25) is 0 Å². The van der Waals surface area contributed by atoms with Gasteiger partial charge in [0.15, 0.2) is 0 Å². The molecule has 0 saturated heterocycles. The Morgan fingerprint density at radius 1 is 1.58 bits per heavy atom. The molecular weight excluding hydrogens is 154 g/mol. The van der Waals surface area contributed by atoms with Crippen LogP contribution < -0.4 is 0 Å². The summed E-state index contributed by atoms with van der Waals surface area (Å²) in [6.07, 6.45) is 3.25. The van der Waals surface area contributed by atoms with Crippen LogP contribution in [-0.4, -0.2) is 31.2 Å². The van der Waals surface area contributed by atoms with Crippen molar-refractivity contribution in [2.24, 2.45) is 5.92 Å². The van der Waals surface area contributed by atoms with Gasteiger partial charge in [-0.05, 0) is 25.2 Å². The highest BCUT2D eigenvalue weighted by molar-refractivity contribution is 5.67. The van der Waals surface area contributed by atoms with Crippen molar-refractivity contribution in [3.05, 3.63) is 0 Å². The Morgan fingerprint density at radius 2 is 2.25 bits per heavy atom. The van der Waals surface area contributed by atoms with E-state index in [-0.39, 0.29) is 6.09 Å². The van der Waals surface area contributed by atoms with Gasteiger partial charge in [-0.15, -0.1) is 0 Å². The van der Waals surface area contributed by atoms with Gasteiger partial charge in [0.2, 0.25) is 0 Å². The molecule has 1 aliphatic carbocycles. The first-order valence-electron chi connectivity index (χ1n) is 4.62. The predicted molar refractivity (Wildman–Crippen MR) is 47.0 cm³/mol. The third-order valence-corrected chi connectivity index (χ3v) is 1.97. The van der Waals surface area contributed by atoms with Crippen LogP contribution in [-0.2, 0) is 4.74 Å². The Balaban J connectivity index is 2.11. The lowest BCUT2D eigenvalue weighted by Crippen LogP contribution is -2.29. The number of carbonyl (C=O) groups is 1. The zero-order valence-corrected chi connectivity index (χ0v) is 7.88. The number of amides is 1. The molecule has 70 valence electrons. The number of carbonyl (C=O) groups excluding carboxylic acids is 1. The van der Waals surface area contributed by atoms with Crippen molar-refractivity contribution in [1.29, 1.82) is 0 Å². The van der Waals surface area contributed by atoms with Gasteiger partial charge in [-0.25, -0.2) is 4.79 Å². The van der Waals surface area contributed by atoms with Gasteiger partial charge in [0.1, 0.15) is 0 Å². The van der Waals surface area contributed by atoms with Crippen molar-refractivity contribution in [2.75, 3.05) is 20.2 Å². The maximum absolute atomic E-state index is 11.2. The van der Waals surface area contributed by atoms with Crippen LogP contribution in [0.3, 0.4) is 0 Å². The quantitative estimate of drug-likeness (QED) is 0.646. The molecule has 0 atom stereocenters. The lowest BCUT2D eigenvalue weighted by molar-refractivity contribution is 0.109. The molecule has 0 aliphatic heterocycles. The maximum atomic E-state index is 11.2. The molecule has 0 unspecified atom stereocenters. The summed E-state index contributed by atoms with van der Waals surface area (Å²) >= 11 is 0. The summed E-state index contributed by atoms with van der Waals surface area (Å²) in [5.74, 6) is 0.740. The molecule has 12 heavy (non-hydrogen) atoms. The molecule has 3 nitrogen and oxygen atoms in total. The minimum Gasteiger partial charge on any atom is -0.449 e. The van der Waals surface area contributed by atoms with E-state index in [4.69, 9.17) is 4.74 Å². The molecule has 0 aromatic rings. The molecule has 3 heteroatoms. The number of ether oxygens (including phenoxy) is 1. The minimum absolute atomic E-state index is 0.177. The molecule has 1 saturated carbocycles. The smallest absolute Gasteiger partial charge is 0.409 e. The molecule has 1 fully saturated rings. The van der Waals surface area contributed by atoms with E-state index in [2.05, 4.69) is 0 Å². The monoisotopic (exact) mass is 171 g/mol.